The Kier molecular flexibility index (Phi) is 6.83. The summed E-state index contributed by atoms with van der Waals surface area (Å²) in [7, 11) is 0. The topological polar surface area (TPSA) is 88.7 Å². The molecule has 5 rings (SSSR count). The number of carbonyl (C=O) groups excluding carboxylic acids is 1. The third-order valence-corrected chi connectivity index (χ3v) is 6.78. The first-order chi connectivity index (χ1) is 18.0. The lowest BCUT2D eigenvalue weighted by Crippen LogP contribution is -2.25. The number of hydrogen-bond acceptors (Lipinski definition) is 6. The van der Waals surface area contributed by atoms with Gasteiger partial charge in [-0.3, -0.25) is 14.9 Å². The molecule has 0 saturated carbocycles. The molecular formula is C29H22N4O3S. The minimum Gasteiger partial charge on any atom is -0.267 e. The summed E-state index contributed by atoms with van der Waals surface area (Å²) in [5.74, 6) is -0.319. The Morgan fingerprint density at radius 2 is 1.68 bits per heavy atom. The maximum absolute atomic E-state index is 13.6. The van der Waals surface area contributed by atoms with E-state index in [0.29, 0.717) is 16.3 Å². The van der Waals surface area contributed by atoms with Crippen molar-refractivity contribution >= 4 is 44.5 Å². The molecule has 0 spiro atoms. The number of nitro groups is 1. The van der Waals surface area contributed by atoms with E-state index in [9.17, 15) is 14.9 Å². The maximum atomic E-state index is 13.6. The molecule has 0 N–H and O–H groups in total. The molecule has 5 aromatic rings. The van der Waals surface area contributed by atoms with E-state index in [0.717, 1.165) is 27.8 Å². The monoisotopic (exact) mass is 506 g/mol. The van der Waals surface area contributed by atoms with Gasteiger partial charge in [0.15, 0.2) is 0 Å². The number of amides is 1. The Morgan fingerprint density at radius 1 is 0.973 bits per heavy atom. The molecule has 4 aromatic carbocycles. The first kappa shape index (κ1) is 24.0. The van der Waals surface area contributed by atoms with E-state index < -0.39 is 4.92 Å². The second kappa shape index (κ2) is 10.5. The highest BCUT2D eigenvalue weighted by Gasteiger charge is 2.21. The van der Waals surface area contributed by atoms with Gasteiger partial charge < -0.3 is 0 Å². The molecule has 1 amide bonds. The van der Waals surface area contributed by atoms with Crippen LogP contribution in [0.2, 0.25) is 0 Å². The average Bonchev–Trinajstić information content (AvgIpc) is 3.33. The number of rotatable bonds is 7. The SMILES string of the molecule is Cc1ccc2nc(N(/N=C/c3ccc([N+](=O)[O-])cc3)C(=O)c3ccc(Cc4ccccc4)cc3)sc2c1. The van der Waals surface area contributed by atoms with Crippen LogP contribution in [0.25, 0.3) is 10.2 Å². The molecule has 0 aliphatic heterocycles. The highest BCUT2D eigenvalue weighted by molar-refractivity contribution is 7.22. The summed E-state index contributed by atoms with van der Waals surface area (Å²) in [5.41, 5.74) is 5.27. The molecule has 37 heavy (non-hydrogen) atoms. The van der Waals surface area contributed by atoms with Gasteiger partial charge in [0.2, 0.25) is 5.13 Å². The Morgan fingerprint density at radius 3 is 2.38 bits per heavy atom. The molecule has 8 heteroatoms. The van der Waals surface area contributed by atoms with E-state index in [1.165, 1.54) is 40.3 Å². The highest BCUT2D eigenvalue weighted by Crippen LogP contribution is 2.31. The lowest BCUT2D eigenvalue weighted by molar-refractivity contribution is -0.384. The van der Waals surface area contributed by atoms with Crippen LogP contribution >= 0.6 is 11.3 Å². The Bertz CT molecular complexity index is 1590. The smallest absolute Gasteiger partial charge is 0.267 e. The molecular weight excluding hydrogens is 484 g/mol. The molecule has 0 saturated heterocycles. The quantitative estimate of drug-likeness (QED) is 0.138. The molecule has 1 heterocycles. The predicted molar refractivity (Wildman–Crippen MR) is 148 cm³/mol. The second-order valence-corrected chi connectivity index (χ2v) is 9.55. The fraction of sp³-hybridized carbons (Fsp3) is 0.0690. The molecule has 7 nitrogen and oxygen atoms in total. The van der Waals surface area contributed by atoms with Crippen LogP contribution in [0.15, 0.2) is 102 Å². The van der Waals surface area contributed by atoms with E-state index >= 15 is 0 Å². The molecule has 0 unspecified atom stereocenters. The number of nitro benzene ring substituents is 1. The van der Waals surface area contributed by atoms with Crippen molar-refractivity contribution in [1.29, 1.82) is 0 Å². The minimum atomic E-state index is -0.457. The van der Waals surface area contributed by atoms with Crippen molar-refractivity contribution in [1.82, 2.24) is 4.98 Å². The van der Waals surface area contributed by atoms with Gasteiger partial charge in [-0.15, -0.1) is 0 Å². The lowest BCUT2D eigenvalue weighted by Gasteiger charge is -2.14. The van der Waals surface area contributed by atoms with Gasteiger partial charge in [0, 0.05) is 17.7 Å². The zero-order valence-electron chi connectivity index (χ0n) is 19.9. The normalized spacial score (nSPS) is 11.2. The molecule has 182 valence electrons. The number of non-ortho nitro benzene ring substituents is 1. The van der Waals surface area contributed by atoms with Crippen molar-refractivity contribution < 1.29 is 9.72 Å². The molecule has 0 atom stereocenters. The fourth-order valence-electron chi connectivity index (χ4n) is 3.82. The van der Waals surface area contributed by atoms with Gasteiger partial charge in [-0.2, -0.15) is 10.1 Å². The molecule has 0 aliphatic rings. The van der Waals surface area contributed by atoms with E-state index in [4.69, 9.17) is 0 Å². The number of anilines is 1. The third kappa shape index (κ3) is 5.60. The van der Waals surface area contributed by atoms with Gasteiger partial charge in [-0.1, -0.05) is 59.9 Å². The number of aryl methyl sites for hydroxylation is 1. The van der Waals surface area contributed by atoms with Crippen LogP contribution in [0, 0.1) is 17.0 Å². The van der Waals surface area contributed by atoms with Crippen molar-refractivity contribution in [2.24, 2.45) is 5.10 Å². The Hall–Kier alpha value is -4.69. The number of benzene rings is 4. The fourth-order valence-corrected chi connectivity index (χ4v) is 4.84. The number of carbonyl (C=O) groups is 1. The number of nitrogens with zero attached hydrogens (tertiary/aromatic N) is 4. The van der Waals surface area contributed by atoms with E-state index in [1.54, 1.807) is 24.3 Å². The van der Waals surface area contributed by atoms with E-state index in [-0.39, 0.29) is 11.6 Å². The zero-order valence-corrected chi connectivity index (χ0v) is 20.8. The number of hydrogen-bond donors (Lipinski definition) is 0. The minimum absolute atomic E-state index is 0.0118. The summed E-state index contributed by atoms with van der Waals surface area (Å²) < 4.78 is 0.955. The predicted octanol–water partition coefficient (Wildman–Crippen LogP) is 6.78. The Balaban J connectivity index is 1.45. The summed E-state index contributed by atoms with van der Waals surface area (Å²) in [4.78, 5) is 28.8. The van der Waals surface area contributed by atoms with E-state index in [2.05, 4.69) is 22.2 Å². The Labute approximate surface area is 217 Å². The molecule has 0 bridgehead atoms. The van der Waals surface area contributed by atoms with Crippen LogP contribution in [0.1, 0.15) is 32.6 Å². The van der Waals surface area contributed by atoms with Crippen molar-refractivity contribution in [2.45, 2.75) is 13.3 Å². The van der Waals surface area contributed by atoms with Gasteiger partial charge in [-0.25, -0.2) is 4.98 Å². The van der Waals surface area contributed by atoms with Crippen LogP contribution in [0.5, 0.6) is 0 Å². The molecule has 0 fully saturated rings. The van der Waals surface area contributed by atoms with Crippen molar-refractivity contribution in [3.8, 4) is 0 Å². The van der Waals surface area contributed by atoms with Crippen LogP contribution in [0.4, 0.5) is 10.8 Å². The second-order valence-electron chi connectivity index (χ2n) is 8.54. The standard InChI is InChI=1S/C29H22N4O3S/c1-20-7-16-26-27(17-20)37-29(31-26)32(30-19-23-10-14-25(15-11-23)33(35)36)28(34)24-12-8-22(9-13-24)18-21-5-3-2-4-6-21/h2-17,19H,18H2,1H3/b30-19+. The number of aromatic nitrogens is 1. The lowest BCUT2D eigenvalue weighted by atomic mass is 10.0. The molecule has 1 aromatic heterocycles. The summed E-state index contributed by atoms with van der Waals surface area (Å²) in [6.07, 6.45) is 2.28. The largest absolute Gasteiger partial charge is 0.280 e. The number of thiazole rings is 1. The van der Waals surface area contributed by atoms with E-state index in [1.807, 2.05) is 55.5 Å². The highest BCUT2D eigenvalue weighted by atomic mass is 32.1. The third-order valence-electron chi connectivity index (χ3n) is 5.78. The number of fused-ring (bicyclic) bond motifs is 1. The summed E-state index contributed by atoms with van der Waals surface area (Å²) in [6.45, 7) is 2.01. The zero-order chi connectivity index (χ0) is 25.8. The maximum Gasteiger partial charge on any atom is 0.280 e. The molecule has 0 aliphatic carbocycles. The van der Waals surface area contributed by atoms with Crippen LogP contribution in [0.3, 0.4) is 0 Å². The van der Waals surface area contributed by atoms with Gasteiger partial charge in [-0.05, 0) is 72.0 Å². The van der Waals surface area contributed by atoms with Gasteiger partial charge in [0.05, 0.1) is 21.4 Å². The van der Waals surface area contributed by atoms with Crippen LogP contribution in [-0.2, 0) is 6.42 Å². The van der Waals surface area contributed by atoms with Crippen molar-refractivity contribution in [2.75, 3.05) is 5.01 Å². The molecule has 0 radical (unpaired) electrons. The summed E-state index contributed by atoms with van der Waals surface area (Å²) in [6, 6.07) is 29.5. The van der Waals surface area contributed by atoms with Gasteiger partial charge in [0.1, 0.15) is 0 Å². The first-order valence-electron chi connectivity index (χ1n) is 11.6. The van der Waals surface area contributed by atoms with Gasteiger partial charge in [0.25, 0.3) is 11.6 Å². The van der Waals surface area contributed by atoms with Gasteiger partial charge >= 0.3 is 0 Å². The summed E-state index contributed by atoms with van der Waals surface area (Å²) in [5, 5.41) is 17.1. The van der Waals surface area contributed by atoms with Crippen molar-refractivity contribution in [3.63, 3.8) is 0 Å². The van der Waals surface area contributed by atoms with Crippen LogP contribution < -0.4 is 5.01 Å². The average molecular weight is 507 g/mol. The van der Waals surface area contributed by atoms with Crippen molar-refractivity contribution in [3.05, 3.63) is 135 Å². The first-order valence-corrected chi connectivity index (χ1v) is 12.4. The van der Waals surface area contributed by atoms with Crippen LogP contribution in [-0.4, -0.2) is 22.0 Å². The summed E-state index contributed by atoms with van der Waals surface area (Å²) >= 11 is 1.38. The number of hydrazone groups is 1.